The summed E-state index contributed by atoms with van der Waals surface area (Å²) in [6, 6.07) is 14.0. The van der Waals surface area contributed by atoms with Gasteiger partial charge in [-0.1, -0.05) is 43.3 Å². The zero-order valence-corrected chi connectivity index (χ0v) is 16.9. The third-order valence-electron chi connectivity index (χ3n) is 4.45. The molecule has 0 aliphatic rings. The molecule has 0 radical (unpaired) electrons. The summed E-state index contributed by atoms with van der Waals surface area (Å²) in [5.74, 6) is 0.460. The normalized spacial score (nSPS) is 12.4. The Bertz CT molecular complexity index is 843. The Morgan fingerprint density at radius 1 is 1.04 bits per heavy atom. The third kappa shape index (κ3) is 6.10. The summed E-state index contributed by atoms with van der Waals surface area (Å²) in [4.78, 5) is 12.5. The molecule has 5 nitrogen and oxygen atoms in total. The van der Waals surface area contributed by atoms with Crippen LogP contribution in [0.1, 0.15) is 30.9 Å². The zero-order valence-electron chi connectivity index (χ0n) is 16.1. The summed E-state index contributed by atoms with van der Waals surface area (Å²) in [6.07, 6.45) is 1.02. The number of ether oxygens (including phenoxy) is 1. The molecule has 2 aromatic rings. The van der Waals surface area contributed by atoms with Gasteiger partial charge in [-0.05, 0) is 49.9 Å². The smallest absolute Gasteiger partial charge is 0.258 e. The number of rotatable bonds is 9. The summed E-state index contributed by atoms with van der Waals surface area (Å²) in [5, 5.41) is 2.87. The minimum absolute atomic E-state index is 0.00639. The molecule has 6 heteroatoms. The van der Waals surface area contributed by atoms with E-state index in [9.17, 15) is 13.2 Å². The molecule has 0 saturated heterocycles. The number of sulfone groups is 1. The standard InChI is InChI=1S/C21H27NO4S/c1-4-18(13-14-27(24,25)19-11-6-5-7-12-19)22-20(23)15-26-21-16(2)9-8-10-17(21)3/h5-12,18H,4,13-15H2,1-3H3,(H,22,23)/t18-/m0/s1. The van der Waals surface area contributed by atoms with Crippen LogP contribution in [0.3, 0.4) is 0 Å². The van der Waals surface area contributed by atoms with Crippen molar-refractivity contribution in [1.82, 2.24) is 5.32 Å². The van der Waals surface area contributed by atoms with Gasteiger partial charge in [0.2, 0.25) is 0 Å². The van der Waals surface area contributed by atoms with Crippen molar-refractivity contribution in [3.63, 3.8) is 0 Å². The van der Waals surface area contributed by atoms with Gasteiger partial charge >= 0.3 is 0 Å². The number of nitrogens with one attached hydrogen (secondary N) is 1. The van der Waals surface area contributed by atoms with Gasteiger partial charge in [-0.3, -0.25) is 4.79 Å². The summed E-state index contributed by atoms with van der Waals surface area (Å²) in [6.45, 7) is 5.70. The molecular formula is C21H27NO4S. The lowest BCUT2D eigenvalue weighted by Crippen LogP contribution is -2.38. The predicted molar refractivity (Wildman–Crippen MR) is 107 cm³/mol. The Morgan fingerprint density at radius 3 is 2.26 bits per heavy atom. The van der Waals surface area contributed by atoms with Gasteiger partial charge in [0.1, 0.15) is 5.75 Å². The minimum atomic E-state index is -3.35. The van der Waals surface area contributed by atoms with Crippen LogP contribution < -0.4 is 10.1 Å². The van der Waals surface area contributed by atoms with E-state index < -0.39 is 9.84 Å². The van der Waals surface area contributed by atoms with Gasteiger partial charge in [0, 0.05) is 6.04 Å². The Hall–Kier alpha value is -2.34. The van der Waals surface area contributed by atoms with E-state index in [-0.39, 0.29) is 24.3 Å². The second-order valence-corrected chi connectivity index (χ2v) is 8.71. The molecule has 0 bridgehead atoms. The van der Waals surface area contributed by atoms with Crippen molar-refractivity contribution in [2.24, 2.45) is 0 Å². The fourth-order valence-corrected chi connectivity index (χ4v) is 4.26. The number of hydrogen-bond donors (Lipinski definition) is 1. The van der Waals surface area contributed by atoms with Gasteiger partial charge < -0.3 is 10.1 Å². The molecule has 1 atom stereocenters. The molecule has 0 aliphatic heterocycles. The molecule has 0 spiro atoms. The summed E-state index contributed by atoms with van der Waals surface area (Å²) in [7, 11) is -3.35. The van der Waals surface area contributed by atoms with E-state index in [1.54, 1.807) is 30.3 Å². The van der Waals surface area contributed by atoms with Crippen LogP contribution in [0.4, 0.5) is 0 Å². The molecule has 0 fully saturated rings. The Morgan fingerprint density at radius 2 is 1.67 bits per heavy atom. The SMILES string of the molecule is CC[C@@H](CCS(=O)(=O)c1ccccc1)NC(=O)COc1c(C)cccc1C. The van der Waals surface area contributed by atoms with Gasteiger partial charge in [0.15, 0.2) is 16.4 Å². The Balaban J connectivity index is 1.88. The highest BCUT2D eigenvalue weighted by Crippen LogP contribution is 2.22. The van der Waals surface area contributed by atoms with Gasteiger partial charge in [0.25, 0.3) is 5.91 Å². The highest BCUT2D eigenvalue weighted by atomic mass is 32.2. The monoisotopic (exact) mass is 389 g/mol. The highest BCUT2D eigenvalue weighted by molar-refractivity contribution is 7.91. The number of para-hydroxylation sites is 1. The predicted octanol–water partition coefficient (Wildman–Crippen LogP) is 3.44. The molecule has 0 aliphatic carbocycles. The van der Waals surface area contributed by atoms with E-state index in [2.05, 4.69) is 5.32 Å². The number of carbonyl (C=O) groups is 1. The third-order valence-corrected chi connectivity index (χ3v) is 6.22. The van der Waals surface area contributed by atoms with Crippen molar-refractivity contribution in [3.8, 4) is 5.75 Å². The van der Waals surface area contributed by atoms with Gasteiger partial charge in [-0.2, -0.15) is 0 Å². The van der Waals surface area contributed by atoms with Crippen LogP contribution in [0, 0.1) is 13.8 Å². The second kappa shape index (κ2) is 9.55. The van der Waals surface area contributed by atoms with Crippen molar-refractivity contribution in [3.05, 3.63) is 59.7 Å². The molecule has 146 valence electrons. The maximum Gasteiger partial charge on any atom is 0.258 e. The molecule has 0 heterocycles. The first-order chi connectivity index (χ1) is 12.8. The molecule has 2 aromatic carbocycles. The Labute approximate surface area is 161 Å². The second-order valence-electron chi connectivity index (χ2n) is 6.60. The largest absolute Gasteiger partial charge is 0.483 e. The number of benzene rings is 2. The van der Waals surface area contributed by atoms with Crippen molar-refractivity contribution in [2.45, 2.75) is 44.6 Å². The summed E-state index contributed by atoms with van der Waals surface area (Å²) >= 11 is 0. The van der Waals surface area contributed by atoms with Crippen LogP contribution >= 0.6 is 0 Å². The first kappa shape index (κ1) is 21.0. The fourth-order valence-electron chi connectivity index (χ4n) is 2.86. The lowest BCUT2D eigenvalue weighted by molar-refractivity contribution is -0.123. The maximum atomic E-state index is 12.4. The lowest BCUT2D eigenvalue weighted by atomic mass is 10.1. The summed E-state index contributed by atoms with van der Waals surface area (Å²) < 4.78 is 30.4. The first-order valence-electron chi connectivity index (χ1n) is 9.09. The molecule has 1 N–H and O–H groups in total. The molecule has 1 amide bonds. The number of hydrogen-bond acceptors (Lipinski definition) is 4. The van der Waals surface area contributed by atoms with Crippen molar-refractivity contribution < 1.29 is 17.9 Å². The molecule has 27 heavy (non-hydrogen) atoms. The average Bonchev–Trinajstić information content (AvgIpc) is 2.65. The first-order valence-corrected chi connectivity index (χ1v) is 10.7. The highest BCUT2D eigenvalue weighted by Gasteiger charge is 2.18. The number of amides is 1. The van der Waals surface area contributed by atoms with Crippen LogP contribution in [-0.2, 0) is 14.6 Å². The van der Waals surface area contributed by atoms with E-state index in [0.717, 1.165) is 11.1 Å². The number of carbonyl (C=O) groups excluding carboxylic acids is 1. The molecule has 0 unspecified atom stereocenters. The van der Waals surface area contributed by atoms with Gasteiger partial charge in [-0.15, -0.1) is 0 Å². The van der Waals surface area contributed by atoms with E-state index in [1.165, 1.54) is 0 Å². The van der Waals surface area contributed by atoms with Gasteiger partial charge in [-0.25, -0.2) is 8.42 Å². The van der Waals surface area contributed by atoms with Crippen LogP contribution in [0.2, 0.25) is 0 Å². The van der Waals surface area contributed by atoms with E-state index in [4.69, 9.17) is 4.74 Å². The van der Waals surface area contributed by atoms with Gasteiger partial charge in [0.05, 0.1) is 10.6 Å². The zero-order chi connectivity index (χ0) is 19.9. The molecule has 0 aromatic heterocycles. The molecule has 2 rings (SSSR count). The molecule has 0 saturated carbocycles. The van der Waals surface area contributed by atoms with Crippen LogP contribution in [-0.4, -0.2) is 32.7 Å². The van der Waals surface area contributed by atoms with E-state index >= 15 is 0 Å². The van der Waals surface area contributed by atoms with Crippen molar-refractivity contribution in [1.29, 1.82) is 0 Å². The van der Waals surface area contributed by atoms with Crippen molar-refractivity contribution >= 4 is 15.7 Å². The topological polar surface area (TPSA) is 72.5 Å². The van der Waals surface area contributed by atoms with E-state index in [0.29, 0.717) is 23.5 Å². The quantitative estimate of drug-likeness (QED) is 0.713. The minimum Gasteiger partial charge on any atom is -0.483 e. The van der Waals surface area contributed by atoms with Crippen LogP contribution in [0.15, 0.2) is 53.4 Å². The van der Waals surface area contributed by atoms with Crippen LogP contribution in [0.5, 0.6) is 5.75 Å². The Kier molecular flexibility index (Phi) is 7.42. The molecular weight excluding hydrogens is 362 g/mol. The fraction of sp³-hybridized carbons (Fsp3) is 0.381. The average molecular weight is 390 g/mol. The van der Waals surface area contributed by atoms with E-state index in [1.807, 2.05) is 39.0 Å². The lowest BCUT2D eigenvalue weighted by Gasteiger charge is -2.18. The van der Waals surface area contributed by atoms with Crippen LogP contribution in [0.25, 0.3) is 0 Å². The van der Waals surface area contributed by atoms with Crippen molar-refractivity contribution in [2.75, 3.05) is 12.4 Å². The summed E-state index contributed by atoms with van der Waals surface area (Å²) in [5.41, 5.74) is 1.95. The number of aryl methyl sites for hydroxylation is 2. The maximum absolute atomic E-state index is 12.4.